The van der Waals surface area contributed by atoms with Gasteiger partial charge >= 0.3 is 39.5 Å². The third-order valence-corrected chi connectivity index (χ3v) is 17.5. The van der Waals surface area contributed by atoms with E-state index < -0.39 is 97.5 Å². The minimum atomic E-state index is -4.99. The predicted octanol–water partition coefficient (Wildman–Crippen LogP) is 22.1. The number of aliphatic hydroxyl groups excluding tert-OH is 1. The van der Waals surface area contributed by atoms with Gasteiger partial charge in [-0.1, -0.05) is 258 Å². The molecule has 0 saturated heterocycles. The first kappa shape index (κ1) is 95.2. The Kier molecular flexibility index (Phi) is 69.1. The van der Waals surface area contributed by atoms with E-state index in [-0.39, 0.29) is 25.7 Å². The third-order valence-electron chi connectivity index (χ3n) is 15.6. The summed E-state index contributed by atoms with van der Waals surface area (Å²) in [6.07, 6.45) is 80.1. The van der Waals surface area contributed by atoms with Gasteiger partial charge in [-0.15, -0.1) is 0 Å². The van der Waals surface area contributed by atoms with Crippen LogP contribution in [-0.2, 0) is 65.4 Å². The summed E-state index contributed by atoms with van der Waals surface area (Å²) < 4.78 is 68.4. The van der Waals surface area contributed by atoms with Crippen molar-refractivity contribution in [2.75, 3.05) is 39.6 Å². The molecule has 0 aromatic rings. The summed E-state index contributed by atoms with van der Waals surface area (Å²) in [7, 11) is -9.97. The van der Waals surface area contributed by atoms with E-state index in [1.165, 1.54) is 12.8 Å². The standard InChI is InChI=1S/C81H136O17P2/c1-5-9-13-17-21-25-29-32-35-37-40-43-47-50-54-58-62-66-79(84)92-72-77(98-81(86)68-64-60-56-52-48-44-41-38-36-33-30-26-22-18-14-10-6-2)74-96-100(89,90)94-70-75(82)69-93-99(87,88)95-73-76(97-80(85)67-63-59-55-51-45-28-24-20-16-12-8-4)71-91-78(83)65-61-57-53-49-46-42-39-34-31-27-23-19-15-11-7-3/h9-11,13-15,20-27,32-36,39-40,43,75-77,82H,5-8,12,16-19,28-31,37-38,41-42,44-74H2,1-4H3,(H,87,88)(H,89,90)/b13-9-,14-10-,15-11-,24-20-,25-21-,26-22-,27-23-,35-32-,36-33-,39-34-,43-40-. The number of carbonyl (C=O) groups is 4. The lowest BCUT2D eigenvalue weighted by Crippen LogP contribution is -2.30. The lowest BCUT2D eigenvalue weighted by molar-refractivity contribution is -0.161. The zero-order valence-electron chi connectivity index (χ0n) is 62.3. The van der Waals surface area contributed by atoms with Crippen LogP contribution in [-0.4, -0.2) is 96.7 Å². The van der Waals surface area contributed by atoms with Crippen LogP contribution in [0.25, 0.3) is 0 Å². The summed E-state index contributed by atoms with van der Waals surface area (Å²) in [4.78, 5) is 72.9. The van der Waals surface area contributed by atoms with Gasteiger partial charge in [0.05, 0.1) is 26.4 Å². The molecule has 0 aromatic carbocycles. The highest BCUT2D eigenvalue weighted by atomic mass is 31.2. The van der Waals surface area contributed by atoms with Crippen molar-refractivity contribution in [3.05, 3.63) is 134 Å². The highest BCUT2D eigenvalue weighted by Gasteiger charge is 2.30. The van der Waals surface area contributed by atoms with Crippen molar-refractivity contribution in [2.24, 2.45) is 0 Å². The Labute approximate surface area is 605 Å². The number of phosphoric acid groups is 2. The number of aliphatic hydroxyl groups is 1. The Morgan fingerprint density at radius 2 is 0.520 bits per heavy atom. The number of esters is 4. The molecule has 0 radical (unpaired) electrons. The molecule has 0 saturated carbocycles. The summed E-state index contributed by atoms with van der Waals surface area (Å²) in [5, 5.41) is 10.6. The van der Waals surface area contributed by atoms with Gasteiger partial charge in [-0.3, -0.25) is 37.3 Å². The van der Waals surface area contributed by atoms with Crippen LogP contribution in [0.1, 0.15) is 297 Å². The van der Waals surface area contributed by atoms with E-state index in [1.807, 2.05) is 0 Å². The Bertz CT molecular complexity index is 2420. The molecule has 0 amide bonds. The molecule has 0 aromatic heterocycles. The van der Waals surface area contributed by atoms with Crippen LogP contribution in [0.4, 0.5) is 0 Å². The molecule has 19 heteroatoms. The summed E-state index contributed by atoms with van der Waals surface area (Å²) in [6, 6.07) is 0. The third kappa shape index (κ3) is 71.6. The fraction of sp³-hybridized carbons (Fsp3) is 0.679. The zero-order valence-corrected chi connectivity index (χ0v) is 64.1. The lowest BCUT2D eigenvalue weighted by Gasteiger charge is -2.21. The molecular formula is C81H136O17P2. The molecule has 572 valence electrons. The van der Waals surface area contributed by atoms with E-state index in [4.69, 9.17) is 37.0 Å². The average molecular weight is 1440 g/mol. The maximum absolute atomic E-state index is 13.1. The van der Waals surface area contributed by atoms with E-state index in [2.05, 4.69) is 161 Å². The second-order valence-electron chi connectivity index (χ2n) is 25.1. The monoisotopic (exact) mass is 1440 g/mol. The lowest BCUT2D eigenvalue weighted by atomic mass is 10.1. The van der Waals surface area contributed by atoms with E-state index in [1.54, 1.807) is 0 Å². The minimum absolute atomic E-state index is 0.0744. The molecule has 3 N–H and O–H groups in total. The van der Waals surface area contributed by atoms with Gasteiger partial charge in [-0.25, -0.2) is 9.13 Å². The van der Waals surface area contributed by atoms with Crippen LogP contribution in [0.2, 0.25) is 0 Å². The van der Waals surface area contributed by atoms with Crippen LogP contribution in [0.15, 0.2) is 134 Å². The zero-order chi connectivity index (χ0) is 73.2. The van der Waals surface area contributed by atoms with Gasteiger partial charge in [-0.2, -0.15) is 0 Å². The van der Waals surface area contributed by atoms with Crippen LogP contribution in [0, 0.1) is 0 Å². The van der Waals surface area contributed by atoms with Crippen LogP contribution in [0.5, 0.6) is 0 Å². The second kappa shape index (κ2) is 72.5. The van der Waals surface area contributed by atoms with Gasteiger partial charge in [-0.05, 0) is 148 Å². The van der Waals surface area contributed by atoms with E-state index >= 15 is 0 Å². The Hall–Kier alpha value is -4.80. The van der Waals surface area contributed by atoms with Crippen molar-refractivity contribution in [1.82, 2.24) is 0 Å². The Morgan fingerprint density at radius 3 is 0.810 bits per heavy atom. The number of rotatable bonds is 71. The molecule has 5 unspecified atom stereocenters. The normalized spacial score (nSPS) is 14.7. The number of hydrogen-bond donors (Lipinski definition) is 3. The Morgan fingerprint density at radius 1 is 0.290 bits per heavy atom. The Balaban J connectivity index is 5.38. The summed E-state index contributed by atoms with van der Waals surface area (Å²) in [5.74, 6) is -2.24. The van der Waals surface area contributed by atoms with E-state index in [0.29, 0.717) is 25.7 Å². The topological polar surface area (TPSA) is 237 Å². The first-order chi connectivity index (χ1) is 48.7. The molecule has 0 fully saturated rings. The first-order valence-corrected chi connectivity index (χ1v) is 41.4. The molecular weight excluding hydrogens is 1310 g/mol. The predicted molar refractivity (Wildman–Crippen MR) is 408 cm³/mol. The van der Waals surface area contributed by atoms with Gasteiger partial charge in [0, 0.05) is 25.7 Å². The number of carbonyl (C=O) groups excluding carboxylic acids is 4. The number of ether oxygens (including phenoxy) is 4. The molecule has 0 heterocycles. The van der Waals surface area contributed by atoms with Gasteiger partial charge in [0.25, 0.3) is 0 Å². The van der Waals surface area contributed by atoms with Gasteiger partial charge < -0.3 is 33.8 Å². The number of hydrogen-bond acceptors (Lipinski definition) is 15. The smallest absolute Gasteiger partial charge is 0.462 e. The highest BCUT2D eigenvalue weighted by Crippen LogP contribution is 2.45. The molecule has 0 aliphatic heterocycles. The van der Waals surface area contributed by atoms with Crippen molar-refractivity contribution in [3.8, 4) is 0 Å². The van der Waals surface area contributed by atoms with Crippen molar-refractivity contribution in [3.63, 3.8) is 0 Å². The molecule has 0 rings (SSSR count). The van der Waals surface area contributed by atoms with Gasteiger partial charge in [0.15, 0.2) is 12.2 Å². The molecule has 5 atom stereocenters. The molecule has 0 aliphatic rings. The average Bonchev–Trinajstić information content (AvgIpc) is 1.00. The van der Waals surface area contributed by atoms with Gasteiger partial charge in [0.1, 0.15) is 19.3 Å². The number of phosphoric ester groups is 2. The maximum Gasteiger partial charge on any atom is 0.472 e. The summed E-state index contributed by atoms with van der Waals surface area (Å²) in [6.45, 7) is 4.43. The van der Waals surface area contributed by atoms with Gasteiger partial charge in [0.2, 0.25) is 0 Å². The minimum Gasteiger partial charge on any atom is -0.462 e. The largest absolute Gasteiger partial charge is 0.472 e. The molecule has 0 bridgehead atoms. The van der Waals surface area contributed by atoms with Crippen molar-refractivity contribution in [1.29, 1.82) is 0 Å². The second-order valence-corrected chi connectivity index (χ2v) is 28.1. The SMILES string of the molecule is CC/C=C\C/C=C\C/C=C\C/C=C\CCCCCCC(=O)OCC(COP(=O)(O)OCC(O)COP(=O)(O)OCC(COC(=O)CCCCCCC/C=C\C/C=C\C/C=C\CC)OC(=O)CCCCCCC/C=C\CCCC)OC(=O)CCCCCCCCC/C=C\C/C=C\C/C=C\CC. The highest BCUT2D eigenvalue weighted by molar-refractivity contribution is 7.47. The fourth-order valence-corrected chi connectivity index (χ4v) is 11.4. The van der Waals surface area contributed by atoms with Crippen molar-refractivity contribution in [2.45, 2.75) is 316 Å². The summed E-state index contributed by atoms with van der Waals surface area (Å²) >= 11 is 0. The molecule has 0 spiro atoms. The van der Waals surface area contributed by atoms with Crippen LogP contribution < -0.4 is 0 Å². The first-order valence-electron chi connectivity index (χ1n) is 38.4. The van der Waals surface area contributed by atoms with Crippen molar-refractivity contribution < 1.29 is 80.2 Å². The fourth-order valence-electron chi connectivity index (χ4n) is 9.81. The molecule has 17 nitrogen and oxygen atoms in total. The maximum atomic E-state index is 13.1. The van der Waals surface area contributed by atoms with E-state index in [0.717, 1.165) is 205 Å². The van der Waals surface area contributed by atoms with E-state index in [9.17, 15) is 43.2 Å². The molecule has 100 heavy (non-hydrogen) atoms. The number of allylic oxidation sites excluding steroid dienone is 22. The molecule has 0 aliphatic carbocycles. The number of unbranched alkanes of at least 4 members (excludes halogenated alkanes) is 23. The van der Waals surface area contributed by atoms with Crippen LogP contribution in [0.3, 0.4) is 0 Å². The quantitative estimate of drug-likeness (QED) is 0.0169. The summed E-state index contributed by atoms with van der Waals surface area (Å²) in [5.41, 5.74) is 0. The van der Waals surface area contributed by atoms with Crippen molar-refractivity contribution >= 4 is 39.5 Å². The van der Waals surface area contributed by atoms with Crippen LogP contribution >= 0.6 is 15.6 Å².